The minimum atomic E-state index is -3.72. The minimum absolute atomic E-state index is 0.106. The lowest BCUT2D eigenvalue weighted by Crippen LogP contribution is -2.50. The van der Waals surface area contributed by atoms with Crippen molar-refractivity contribution in [1.82, 2.24) is 29.0 Å². The zero-order valence-electron chi connectivity index (χ0n) is 15.8. The Labute approximate surface area is 161 Å². The number of amides is 1. The van der Waals surface area contributed by atoms with Crippen LogP contribution in [0, 0.1) is 20.8 Å². The Balaban J connectivity index is 1.54. The average Bonchev–Trinajstić information content (AvgIpc) is 3.19. The zero-order chi connectivity index (χ0) is 20.1. The van der Waals surface area contributed by atoms with Crippen LogP contribution >= 0.6 is 0 Å². The van der Waals surface area contributed by atoms with Gasteiger partial charge in [-0.25, -0.2) is 17.9 Å². The maximum Gasteiger partial charge on any atom is 0.259 e. The highest BCUT2D eigenvalue weighted by molar-refractivity contribution is 7.89. The molecule has 0 atom stereocenters. The number of carbonyl (C=O) groups excluding carboxylic acids is 1. The van der Waals surface area contributed by atoms with E-state index in [1.807, 2.05) is 0 Å². The molecule has 3 aromatic heterocycles. The molecule has 0 radical (unpaired) electrons. The van der Waals surface area contributed by atoms with Crippen molar-refractivity contribution in [3.05, 3.63) is 41.2 Å². The van der Waals surface area contributed by atoms with Crippen LogP contribution in [0.3, 0.4) is 0 Å². The number of rotatable bonds is 3. The summed E-state index contributed by atoms with van der Waals surface area (Å²) >= 11 is 0. The first-order valence-corrected chi connectivity index (χ1v) is 10.3. The van der Waals surface area contributed by atoms with Gasteiger partial charge < -0.3 is 9.42 Å². The molecule has 28 heavy (non-hydrogen) atoms. The average molecular weight is 404 g/mol. The van der Waals surface area contributed by atoms with Crippen molar-refractivity contribution >= 4 is 21.6 Å². The fraction of sp³-hybridized carbons (Fsp3) is 0.412. The van der Waals surface area contributed by atoms with Crippen molar-refractivity contribution in [2.24, 2.45) is 0 Å². The molecule has 0 spiro atoms. The maximum absolute atomic E-state index is 13.0. The van der Waals surface area contributed by atoms with E-state index < -0.39 is 10.0 Å². The lowest BCUT2D eigenvalue weighted by Gasteiger charge is -2.33. The van der Waals surface area contributed by atoms with E-state index in [-0.39, 0.29) is 42.7 Å². The van der Waals surface area contributed by atoms with Gasteiger partial charge in [-0.05, 0) is 26.8 Å². The highest BCUT2D eigenvalue weighted by atomic mass is 32.2. The molecule has 1 aliphatic rings. The molecule has 1 amide bonds. The van der Waals surface area contributed by atoms with E-state index in [4.69, 9.17) is 4.52 Å². The number of nitrogens with zero attached hydrogens (tertiary/aromatic N) is 6. The van der Waals surface area contributed by atoms with Crippen LogP contribution in [0.2, 0.25) is 0 Å². The van der Waals surface area contributed by atoms with E-state index >= 15 is 0 Å². The molecule has 148 valence electrons. The molecule has 0 bridgehead atoms. The molecule has 4 rings (SSSR count). The van der Waals surface area contributed by atoms with Crippen molar-refractivity contribution in [2.45, 2.75) is 25.7 Å². The zero-order valence-corrected chi connectivity index (χ0v) is 16.6. The second kappa shape index (κ2) is 6.67. The summed E-state index contributed by atoms with van der Waals surface area (Å²) in [4.78, 5) is 19.0. The van der Waals surface area contributed by atoms with Gasteiger partial charge in [0.05, 0.1) is 5.69 Å². The van der Waals surface area contributed by atoms with Gasteiger partial charge in [-0.3, -0.25) is 4.79 Å². The van der Waals surface area contributed by atoms with Crippen LogP contribution in [-0.2, 0) is 10.0 Å². The van der Waals surface area contributed by atoms with Crippen LogP contribution in [0.25, 0.3) is 5.65 Å². The number of piperazine rings is 1. The molecule has 0 N–H and O–H groups in total. The second-order valence-corrected chi connectivity index (χ2v) is 8.57. The van der Waals surface area contributed by atoms with Crippen molar-refractivity contribution in [1.29, 1.82) is 0 Å². The summed E-state index contributed by atoms with van der Waals surface area (Å²) in [5.41, 5.74) is 1.87. The van der Waals surface area contributed by atoms with Gasteiger partial charge in [0.15, 0.2) is 11.4 Å². The molecular weight excluding hydrogens is 384 g/mol. The molecule has 0 aliphatic carbocycles. The first-order valence-electron chi connectivity index (χ1n) is 8.83. The van der Waals surface area contributed by atoms with Crippen molar-refractivity contribution < 1.29 is 17.7 Å². The van der Waals surface area contributed by atoms with Gasteiger partial charge in [0.2, 0.25) is 10.0 Å². The van der Waals surface area contributed by atoms with Gasteiger partial charge >= 0.3 is 0 Å². The summed E-state index contributed by atoms with van der Waals surface area (Å²) in [6, 6.07) is 1.74. The molecule has 11 heteroatoms. The summed E-state index contributed by atoms with van der Waals surface area (Å²) in [6.07, 6.45) is 3.35. The number of aryl methyl sites for hydroxylation is 3. The van der Waals surface area contributed by atoms with Gasteiger partial charge in [0, 0.05) is 38.6 Å². The third kappa shape index (κ3) is 2.87. The lowest BCUT2D eigenvalue weighted by atomic mass is 10.2. The van der Waals surface area contributed by atoms with E-state index in [9.17, 15) is 13.2 Å². The number of carbonyl (C=O) groups is 1. The Hall–Kier alpha value is -2.79. The summed E-state index contributed by atoms with van der Waals surface area (Å²) in [7, 11) is -3.72. The van der Waals surface area contributed by atoms with E-state index in [1.165, 1.54) is 4.31 Å². The van der Waals surface area contributed by atoms with Gasteiger partial charge in [-0.2, -0.15) is 9.40 Å². The first-order chi connectivity index (χ1) is 13.3. The van der Waals surface area contributed by atoms with Gasteiger partial charge in [-0.1, -0.05) is 5.16 Å². The number of sulfonamides is 1. The highest BCUT2D eigenvalue weighted by Gasteiger charge is 2.35. The summed E-state index contributed by atoms with van der Waals surface area (Å²) in [5.74, 6) is 0.0737. The van der Waals surface area contributed by atoms with E-state index in [1.54, 1.807) is 48.6 Å². The Morgan fingerprint density at radius 3 is 2.46 bits per heavy atom. The molecular formula is C17H20N6O4S. The first kappa shape index (κ1) is 18.6. The summed E-state index contributed by atoms with van der Waals surface area (Å²) in [5, 5.41) is 8.05. The lowest BCUT2D eigenvalue weighted by molar-refractivity contribution is 0.0698. The van der Waals surface area contributed by atoms with Gasteiger partial charge in [-0.15, -0.1) is 0 Å². The predicted octanol–water partition coefficient (Wildman–Crippen LogP) is 0.789. The molecule has 1 saturated heterocycles. The Bertz CT molecular complexity index is 1140. The van der Waals surface area contributed by atoms with Gasteiger partial charge in [0.1, 0.15) is 16.2 Å². The quantitative estimate of drug-likeness (QED) is 0.634. The molecule has 3 aromatic rings. The van der Waals surface area contributed by atoms with Crippen LogP contribution in [0.15, 0.2) is 27.9 Å². The number of hydrogen-bond donors (Lipinski definition) is 0. The summed E-state index contributed by atoms with van der Waals surface area (Å²) in [6.45, 7) is 5.90. The highest BCUT2D eigenvalue weighted by Crippen LogP contribution is 2.25. The van der Waals surface area contributed by atoms with Crippen molar-refractivity contribution in [2.75, 3.05) is 26.2 Å². The fourth-order valence-electron chi connectivity index (χ4n) is 3.51. The normalized spacial score (nSPS) is 16.0. The second-order valence-electron chi connectivity index (χ2n) is 6.70. The Morgan fingerprint density at radius 1 is 1.11 bits per heavy atom. The Kier molecular flexibility index (Phi) is 4.42. The largest absolute Gasteiger partial charge is 0.360 e. The molecule has 1 aliphatic heterocycles. The van der Waals surface area contributed by atoms with Crippen LogP contribution in [-0.4, -0.2) is 69.5 Å². The summed E-state index contributed by atoms with van der Waals surface area (Å²) < 4.78 is 33.8. The van der Waals surface area contributed by atoms with Gasteiger partial charge in [0.25, 0.3) is 5.91 Å². The molecule has 1 fully saturated rings. The van der Waals surface area contributed by atoms with Crippen LogP contribution in [0.5, 0.6) is 0 Å². The van der Waals surface area contributed by atoms with Crippen molar-refractivity contribution in [3.8, 4) is 0 Å². The third-order valence-corrected chi connectivity index (χ3v) is 7.02. The van der Waals surface area contributed by atoms with Crippen LogP contribution < -0.4 is 0 Å². The minimum Gasteiger partial charge on any atom is -0.360 e. The topological polar surface area (TPSA) is 114 Å². The standard InChI is InChI=1S/C17H20N6O4S/c1-11-14(16-18-5-4-6-23(16)19-11)17(24)21-7-9-22(10-8-21)28(25,26)15-12(2)20-27-13(15)3/h4-6H,7-10H2,1-3H3. The molecule has 0 unspecified atom stereocenters. The number of fused-ring (bicyclic) bond motifs is 1. The van der Waals surface area contributed by atoms with Crippen molar-refractivity contribution in [3.63, 3.8) is 0 Å². The third-order valence-electron chi connectivity index (χ3n) is 4.88. The Morgan fingerprint density at radius 2 is 1.82 bits per heavy atom. The molecule has 10 nitrogen and oxygen atoms in total. The molecule has 0 saturated carbocycles. The molecule has 0 aromatic carbocycles. The number of aromatic nitrogens is 4. The predicted molar refractivity (Wildman–Crippen MR) is 98.4 cm³/mol. The van der Waals surface area contributed by atoms with E-state index in [0.29, 0.717) is 22.6 Å². The fourth-order valence-corrected chi connectivity index (χ4v) is 5.22. The van der Waals surface area contributed by atoms with Crippen LogP contribution in [0.4, 0.5) is 0 Å². The maximum atomic E-state index is 13.0. The smallest absolute Gasteiger partial charge is 0.259 e. The number of hydrogen-bond acceptors (Lipinski definition) is 7. The van der Waals surface area contributed by atoms with Crippen LogP contribution in [0.1, 0.15) is 27.5 Å². The van der Waals surface area contributed by atoms with E-state index in [2.05, 4.69) is 15.2 Å². The monoisotopic (exact) mass is 404 g/mol. The van der Waals surface area contributed by atoms with E-state index in [0.717, 1.165) is 0 Å². The SMILES string of the molecule is Cc1noc(C)c1S(=O)(=O)N1CCN(C(=O)c2c(C)nn3cccnc23)CC1. The molecule has 4 heterocycles.